The molecular formula is C13H10ClIN2. The van der Waals surface area contributed by atoms with Gasteiger partial charge in [0.25, 0.3) is 0 Å². The molecule has 17 heavy (non-hydrogen) atoms. The zero-order valence-electron chi connectivity index (χ0n) is 8.90. The minimum atomic E-state index is 0.720. The summed E-state index contributed by atoms with van der Waals surface area (Å²) in [4.78, 5) is 0. The third-order valence-electron chi connectivity index (χ3n) is 2.07. The van der Waals surface area contributed by atoms with Gasteiger partial charge < -0.3 is 0 Å². The Morgan fingerprint density at radius 3 is 2.59 bits per heavy atom. The van der Waals surface area contributed by atoms with Gasteiger partial charge in [-0.1, -0.05) is 29.8 Å². The lowest BCUT2D eigenvalue weighted by molar-refractivity contribution is 1.35. The lowest BCUT2D eigenvalue weighted by atomic mass is 10.2. The van der Waals surface area contributed by atoms with Gasteiger partial charge in [0.05, 0.1) is 11.9 Å². The Morgan fingerprint density at radius 2 is 1.88 bits per heavy atom. The average Bonchev–Trinajstić information content (AvgIpc) is 2.29. The summed E-state index contributed by atoms with van der Waals surface area (Å²) in [6, 6.07) is 15.6. The Hall–Kier alpha value is -1.07. The summed E-state index contributed by atoms with van der Waals surface area (Å²) in [5, 5.41) is 4.88. The fourth-order valence-corrected chi connectivity index (χ4v) is 2.47. The van der Waals surface area contributed by atoms with Crippen molar-refractivity contribution in [3.05, 3.63) is 62.7 Å². The van der Waals surface area contributed by atoms with E-state index in [0.717, 1.165) is 19.8 Å². The molecule has 0 aliphatic heterocycles. The Kier molecular flexibility index (Phi) is 4.39. The third-order valence-corrected chi connectivity index (χ3v) is 2.91. The largest absolute Gasteiger partial charge is 0.279 e. The molecule has 86 valence electrons. The van der Waals surface area contributed by atoms with Crippen LogP contribution in [0.5, 0.6) is 0 Å². The van der Waals surface area contributed by atoms with E-state index in [1.165, 1.54) is 0 Å². The van der Waals surface area contributed by atoms with Crippen molar-refractivity contribution in [3.8, 4) is 0 Å². The highest BCUT2D eigenvalue weighted by Gasteiger charge is 1.94. The van der Waals surface area contributed by atoms with E-state index in [-0.39, 0.29) is 0 Å². The highest BCUT2D eigenvalue weighted by atomic mass is 127. The van der Waals surface area contributed by atoms with E-state index in [0.29, 0.717) is 0 Å². The fraction of sp³-hybridized carbons (Fsp3) is 0. The van der Waals surface area contributed by atoms with E-state index in [1.807, 2.05) is 48.5 Å². The Bertz CT molecular complexity index is 506. The maximum atomic E-state index is 5.96. The maximum absolute atomic E-state index is 5.96. The van der Waals surface area contributed by atoms with E-state index in [2.05, 4.69) is 33.1 Å². The second kappa shape index (κ2) is 6.02. The molecule has 4 heteroatoms. The van der Waals surface area contributed by atoms with Gasteiger partial charge >= 0.3 is 0 Å². The van der Waals surface area contributed by atoms with Crippen LogP contribution in [0, 0.1) is 3.57 Å². The molecule has 2 nitrogen and oxygen atoms in total. The van der Waals surface area contributed by atoms with Gasteiger partial charge in [-0.05, 0) is 58.5 Å². The number of nitrogens with one attached hydrogen (secondary N) is 1. The van der Waals surface area contributed by atoms with Crippen molar-refractivity contribution in [2.75, 3.05) is 5.43 Å². The summed E-state index contributed by atoms with van der Waals surface area (Å²) in [5.41, 5.74) is 4.89. The van der Waals surface area contributed by atoms with E-state index < -0.39 is 0 Å². The molecule has 0 amide bonds. The summed E-state index contributed by atoms with van der Waals surface area (Å²) >= 11 is 8.19. The molecule has 2 aromatic rings. The molecule has 0 fully saturated rings. The number of rotatable bonds is 3. The minimum Gasteiger partial charge on any atom is -0.279 e. The van der Waals surface area contributed by atoms with Crippen LogP contribution in [0.2, 0.25) is 5.02 Å². The molecule has 0 aliphatic carbocycles. The molecule has 0 heterocycles. The number of benzene rings is 2. The van der Waals surface area contributed by atoms with Gasteiger partial charge in [-0.15, -0.1) is 0 Å². The highest BCUT2D eigenvalue weighted by Crippen LogP contribution is 2.15. The molecule has 0 atom stereocenters. The van der Waals surface area contributed by atoms with E-state index in [1.54, 1.807) is 6.21 Å². The van der Waals surface area contributed by atoms with Crippen molar-refractivity contribution in [1.82, 2.24) is 0 Å². The number of hydrogen-bond acceptors (Lipinski definition) is 2. The van der Waals surface area contributed by atoms with Crippen molar-refractivity contribution in [3.63, 3.8) is 0 Å². The van der Waals surface area contributed by atoms with Crippen LogP contribution < -0.4 is 5.43 Å². The predicted octanol–water partition coefficient (Wildman–Crippen LogP) is 4.39. The molecule has 0 saturated heterocycles. The molecule has 1 N–H and O–H groups in total. The lowest BCUT2D eigenvalue weighted by Gasteiger charge is -1.99. The van der Waals surface area contributed by atoms with Gasteiger partial charge in [0.1, 0.15) is 0 Å². The van der Waals surface area contributed by atoms with Crippen LogP contribution in [-0.4, -0.2) is 6.21 Å². The van der Waals surface area contributed by atoms with Crippen molar-refractivity contribution in [2.45, 2.75) is 0 Å². The highest BCUT2D eigenvalue weighted by molar-refractivity contribution is 14.1. The number of nitrogens with zero attached hydrogens (tertiary/aromatic N) is 1. The monoisotopic (exact) mass is 356 g/mol. The first kappa shape index (κ1) is 12.4. The smallest absolute Gasteiger partial charge is 0.0561 e. The Balaban J connectivity index is 2.06. The average molecular weight is 357 g/mol. The zero-order chi connectivity index (χ0) is 12.1. The van der Waals surface area contributed by atoms with Gasteiger partial charge in [0.2, 0.25) is 0 Å². The first-order valence-electron chi connectivity index (χ1n) is 5.04. The predicted molar refractivity (Wildman–Crippen MR) is 81.8 cm³/mol. The Morgan fingerprint density at radius 1 is 1.12 bits per heavy atom. The topological polar surface area (TPSA) is 24.4 Å². The van der Waals surface area contributed by atoms with Crippen molar-refractivity contribution in [1.29, 1.82) is 0 Å². The van der Waals surface area contributed by atoms with Gasteiger partial charge in [-0.2, -0.15) is 5.10 Å². The van der Waals surface area contributed by atoms with Crippen LogP contribution in [0.4, 0.5) is 5.69 Å². The van der Waals surface area contributed by atoms with Gasteiger partial charge in [0, 0.05) is 8.59 Å². The van der Waals surface area contributed by atoms with Crippen LogP contribution in [0.15, 0.2) is 53.6 Å². The molecule has 0 spiro atoms. The first-order valence-corrected chi connectivity index (χ1v) is 6.50. The molecule has 0 unspecified atom stereocenters. The summed E-state index contributed by atoms with van der Waals surface area (Å²) in [6.45, 7) is 0. The molecule has 0 saturated carbocycles. The second-order valence-electron chi connectivity index (χ2n) is 3.44. The van der Waals surface area contributed by atoms with E-state index in [9.17, 15) is 0 Å². The van der Waals surface area contributed by atoms with Gasteiger partial charge in [-0.25, -0.2) is 0 Å². The van der Waals surface area contributed by atoms with E-state index >= 15 is 0 Å². The molecule has 0 aliphatic rings. The van der Waals surface area contributed by atoms with Crippen LogP contribution in [0.25, 0.3) is 0 Å². The fourth-order valence-electron chi connectivity index (χ4n) is 1.34. The normalized spacial score (nSPS) is 10.7. The number of halogens is 2. The first-order chi connectivity index (χ1) is 8.24. The second-order valence-corrected chi connectivity index (χ2v) is 5.12. The molecule has 2 rings (SSSR count). The maximum Gasteiger partial charge on any atom is 0.0561 e. The van der Waals surface area contributed by atoms with Crippen molar-refractivity contribution >= 4 is 46.1 Å². The quantitative estimate of drug-likeness (QED) is 0.492. The van der Waals surface area contributed by atoms with Gasteiger partial charge in [0.15, 0.2) is 0 Å². The van der Waals surface area contributed by atoms with E-state index in [4.69, 9.17) is 11.6 Å². The number of hydrazone groups is 1. The standard InChI is InChI=1S/C13H10ClIN2/c14-11-6-10(7-12(15)8-11)9-16-17-13-4-2-1-3-5-13/h1-9,17H. The van der Waals surface area contributed by atoms with Crippen LogP contribution in [0.1, 0.15) is 5.56 Å². The SMILES string of the molecule is Clc1cc(I)cc(C=NNc2ccccc2)c1. The van der Waals surface area contributed by atoms with Crippen LogP contribution in [0.3, 0.4) is 0 Å². The van der Waals surface area contributed by atoms with Gasteiger partial charge in [-0.3, -0.25) is 5.43 Å². The molecule has 2 aromatic carbocycles. The Labute approximate surface area is 119 Å². The van der Waals surface area contributed by atoms with Crippen molar-refractivity contribution < 1.29 is 0 Å². The van der Waals surface area contributed by atoms with Crippen LogP contribution >= 0.6 is 34.2 Å². The van der Waals surface area contributed by atoms with Crippen molar-refractivity contribution in [2.24, 2.45) is 5.10 Å². The molecule has 0 radical (unpaired) electrons. The number of anilines is 1. The number of hydrogen-bond donors (Lipinski definition) is 1. The lowest BCUT2D eigenvalue weighted by Crippen LogP contribution is -1.90. The summed E-state index contributed by atoms with van der Waals surface area (Å²) in [6.07, 6.45) is 1.75. The minimum absolute atomic E-state index is 0.720. The zero-order valence-corrected chi connectivity index (χ0v) is 11.8. The summed E-state index contributed by atoms with van der Waals surface area (Å²) in [7, 11) is 0. The van der Waals surface area contributed by atoms with Crippen LogP contribution in [-0.2, 0) is 0 Å². The molecular weight excluding hydrogens is 347 g/mol. The molecule has 0 bridgehead atoms. The summed E-state index contributed by atoms with van der Waals surface area (Å²) < 4.78 is 1.09. The number of para-hydroxylation sites is 1. The molecule has 0 aromatic heterocycles. The summed E-state index contributed by atoms with van der Waals surface area (Å²) in [5.74, 6) is 0. The third kappa shape index (κ3) is 4.02.